The van der Waals surface area contributed by atoms with Gasteiger partial charge in [-0.25, -0.2) is 0 Å². The van der Waals surface area contributed by atoms with Crippen LogP contribution in [0, 0.1) is 3.57 Å². The fraction of sp³-hybridized carbons (Fsp3) is 0.0714. The summed E-state index contributed by atoms with van der Waals surface area (Å²) in [5, 5.41) is 0.595. The summed E-state index contributed by atoms with van der Waals surface area (Å²) < 4.78 is 6.94. The predicted octanol–water partition coefficient (Wildman–Crippen LogP) is 4.16. The van der Waals surface area contributed by atoms with Crippen molar-refractivity contribution in [2.24, 2.45) is 5.73 Å². The van der Waals surface area contributed by atoms with E-state index in [0.29, 0.717) is 27.9 Å². The summed E-state index contributed by atoms with van der Waals surface area (Å²) in [4.78, 5) is 0.300. The summed E-state index contributed by atoms with van der Waals surface area (Å²) in [7, 11) is 0. The Morgan fingerprint density at radius 3 is 2.53 bits per heavy atom. The van der Waals surface area contributed by atoms with Crippen molar-refractivity contribution < 1.29 is 4.74 Å². The monoisotopic (exact) mass is 403 g/mol. The van der Waals surface area contributed by atoms with Crippen molar-refractivity contribution in [1.29, 1.82) is 0 Å². The van der Waals surface area contributed by atoms with Crippen LogP contribution in [0.25, 0.3) is 0 Å². The van der Waals surface area contributed by atoms with E-state index in [9.17, 15) is 0 Å². The van der Waals surface area contributed by atoms with Crippen molar-refractivity contribution in [1.82, 2.24) is 0 Å². The third-order valence-electron chi connectivity index (χ3n) is 2.52. The molecular formula is C14H11ClINOS. The van der Waals surface area contributed by atoms with E-state index in [0.717, 1.165) is 5.56 Å². The zero-order valence-electron chi connectivity index (χ0n) is 9.90. The van der Waals surface area contributed by atoms with E-state index < -0.39 is 0 Å². The third-order valence-corrected chi connectivity index (χ3v) is 3.69. The largest absolute Gasteiger partial charge is 0.488 e. The number of benzene rings is 2. The van der Waals surface area contributed by atoms with Crippen LogP contribution in [0.4, 0.5) is 0 Å². The van der Waals surface area contributed by atoms with Crippen molar-refractivity contribution in [3.05, 3.63) is 62.2 Å². The highest BCUT2D eigenvalue weighted by atomic mass is 127. The number of rotatable bonds is 4. The average molecular weight is 404 g/mol. The van der Waals surface area contributed by atoms with Crippen LogP contribution in [0.1, 0.15) is 11.1 Å². The maximum atomic E-state index is 5.96. The van der Waals surface area contributed by atoms with Crippen LogP contribution >= 0.6 is 46.4 Å². The van der Waals surface area contributed by atoms with Crippen LogP contribution in [-0.4, -0.2) is 4.99 Å². The fourth-order valence-electron chi connectivity index (χ4n) is 1.56. The minimum atomic E-state index is 0.300. The second kappa shape index (κ2) is 6.54. The number of nitrogens with two attached hydrogens (primary N) is 1. The maximum absolute atomic E-state index is 5.96. The minimum absolute atomic E-state index is 0.300. The quantitative estimate of drug-likeness (QED) is 0.615. The smallest absolute Gasteiger partial charge is 0.131 e. The molecule has 5 heteroatoms. The average Bonchev–Trinajstić information content (AvgIpc) is 2.38. The van der Waals surface area contributed by atoms with E-state index in [4.69, 9.17) is 34.3 Å². The lowest BCUT2D eigenvalue weighted by Gasteiger charge is -2.11. The second-order valence-electron chi connectivity index (χ2n) is 3.92. The van der Waals surface area contributed by atoms with E-state index in [1.54, 1.807) is 18.2 Å². The molecule has 0 unspecified atom stereocenters. The molecule has 2 aromatic carbocycles. The van der Waals surface area contributed by atoms with Crippen molar-refractivity contribution >= 4 is 51.4 Å². The standard InChI is InChI=1S/C14H11ClINOS/c15-10-3-6-12(14(17)19)13(7-10)18-8-9-1-4-11(16)5-2-9/h1-7H,8H2,(H2,17,19). The molecule has 0 radical (unpaired) electrons. The van der Waals surface area contributed by atoms with Gasteiger partial charge in [-0.05, 0) is 58.5 Å². The Morgan fingerprint density at radius 2 is 1.89 bits per heavy atom. The molecule has 0 saturated carbocycles. The molecule has 0 aliphatic heterocycles. The van der Waals surface area contributed by atoms with Crippen molar-refractivity contribution in [2.45, 2.75) is 6.61 Å². The summed E-state index contributed by atoms with van der Waals surface area (Å²) in [6.07, 6.45) is 0. The zero-order chi connectivity index (χ0) is 13.8. The number of thiocarbonyl (C=S) groups is 1. The first-order valence-corrected chi connectivity index (χ1v) is 7.39. The van der Waals surface area contributed by atoms with Gasteiger partial charge in [0.1, 0.15) is 17.3 Å². The van der Waals surface area contributed by atoms with Gasteiger partial charge < -0.3 is 10.5 Å². The number of hydrogen-bond donors (Lipinski definition) is 1. The van der Waals surface area contributed by atoms with E-state index in [2.05, 4.69) is 22.6 Å². The molecular weight excluding hydrogens is 393 g/mol. The molecule has 0 spiro atoms. The number of halogens is 2. The molecule has 19 heavy (non-hydrogen) atoms. The van der Waals surface area contributed by atoms with Gasteiger partial charge in [-0.15, -0.1) is 0 Å². The van der Waals surface area contributed by atoms with Gasteiger partial charge in [-0.2, -0.15) is 0 Å². The van der Waals surface area contributed by atoms with Crippen LogP contribution < -0.4 is 10.5 Å². The molecule has 2 aromatic rings. The molecule has 0 fully saturated rings. The van der Waals surface area contributed by atoms with Crippen LogP contribution in [0.15, 0.2) is 42.5 Å². The summed E-state index contributed by atoms with van der Waals surface area (Å²) in [5.41, 5.74) is 7.44. The Kier molecular flexibility index (Phi) is 5.01. The summed E-state index contributed by atoms with van der Waals surface area (Å²) in [6.45, 7) is 0.451. The summed E-state index contributed by atoms with van der Waals surface area (Å²) in [5.74, 6) is 0.610. The zero-order valence-corrected chi connectivity index (χ0v) is 13.6. The lowest BCUT2D eigenvalue weighted by Crippen LogP contribution is -2.11. The van der Waals surface area contributed by atoms with Gasteiger partial charge in [0.15, 0.2) is 0 Å². The predicted molar refractivity (Wildman–Crippen MR) is 90.8 cm³/mol. The fourth-order valence-corrected chi connectivity index (χ4v) is 2.25. The Bertz CT molecular complexity index is 601. The van der Waals surface area contributed by atoms with Crippen LogP contribution in [-0.2, 0) is 6.61 Å². The van der Waals surface area contributed by atoms with Gasteiger partial charge in [-0.1, -0.05) is 36.0 Å². The first-order chi connectivity index (χ1) is 9.06. The number of hydrogen-bond acceptors (Lipinski definition) is 2. The molecule has 0 saturated heterocycles. The lowest BCUT2D eigenvalue weighted by atomic mass is 10.2. The minimum Gasteiger partial charge on any atom is -0.488 e. The molecule has 2 nitrogen and oxygen atoms in total. The Morgan fingerprint density at radius 1 is 1.21 bits per heavy atom. The second-order valence-corrected chi connectivity index (χ2v) is 6.04. The topological polar surface area (TPSA) is 35.2 Å². The van der Waals surface area contributed by atoms with Crippen LogP contribution in [0.3, 0.4) is 0 Å². The summed E-state index contributed by atoms with van der Waals surface area (Å²) in [6, 6.07) is 13.3. The van der Waals surface area contributed by atoms with Gasteiger partial charge in [-0.3, -0.25) is 0 Å². The highest BCUT2D eigenvalue weighted by Gasteiger charge is 2.07. The Hall–Kier alpha value is -0.850. The third kappa shape index (κ3) is 4.06. The Labute approximate surface area is 136 Å². The van der Waals surface area contributed by atoms with Crippen molar-refractivity contribution in [3.63, 3.8) is 0 Å². The molecule has 0 aromatic heterocycles. The SMILES string of the molecule is NC(=S)c1ccc(Cl)cc1OCc1ccc(I)cc1. The molecule has 0 aliphatic rings. The lowest BCUT2D eigenvalue weighted by molar-refractivity contribution is 0.305. The molecule has 0 bridgehead atoms. The van der Waals surface area contributed by atoms with Crippen molar-refractivity contribution in [2.75, 3.05) is 0 Å². The van der Waals surface area contributed by atoms with Gasteiger partial charge in [0.25, 0.3) is 0 Å². The first-order valence-electron chi connectivity index (χ1n) is 5.53. The molecule has 2 N–H and O–H groups in total. The van der Waals surface area contributed by atoms with Crippen molar-refractivity contribution in [3.8, 4) is 5.75 Å². The van der Waals surface area contributed by atoms with E-state index in [-0.39, 0.29) is 0 Å². The molecule has 0 aliphatic carbocycles. The Balaban J connectivity index is 2.16. The highest BCUT2D eigenvalue weighted by molar-refractivity contribution is 14.1. The highest BCUT2D eigenvalue weighted by Crippen LogP contribution is 2.24. The normalized spacial score (nSPS) is 10.2. The van der Waals surface area contributed by atoms with Gasteiger partial charge >= 0.3 is 0 Å². The van der Waals surface area contributed by atoms with E-state index >= 15 is 0 Å². The molecule has 0 atom stereocenters. The van der Waals surface area contributed by atoms with Crippen LogP contribution in [0.2, 0.25) is 5.02 Å². The number of ether oxygens (including phenoxy) is 1. The molecule has 0 heterocycles. The molecule has 98 valence electrons. The summed E-state index contributed by atoms with van der Waals surface area (Å²) >= 11 is 13.2. The van der Waals surface area contributed by atoms with Gasteiger partial charge in [0, 0.05) is 8.59 Å². The molecule has 2 rings (SSSR count). The van der Waals surface area contributed by atoms with Gasteiger partial charge in [0.05, 0.1) is 5.56 Å². The first kappa shape index (κ1) is 14.6. The van der Waals surface area contributed by atoms with Gasteiger partial charge in [0.2, 0.25) is 0 Å². The van der Waals surface area contributed by atoms with E-state index in [1.807, 2.05) is 24.3 Å². The molecule has 0 amide bonds. The maximum Gasteiger partial charge on any atom is 0.131 e. The van der Waals surface area contributed by atoms with Crippen LogP contribution in [0.5, 0.6) is 5.75 Å². The van der Waals surface area contributed by atoms with E-state index in [1.165, 1.54) is 3.57 Å².